The smallest absolute Gasteiger partial charge is 0.124 e. The average Bonchev–Trinajstić information content (AvgIpc) is 3.15. The summed E-state index contributed by atoms with van der Waals surface area (Å²) in [6.07, 6.45) is 3.06. The standard InChI is InChI=1S/C25H25ClN2O.ClH/c1-18-6-8-19(9-7-18)17-29-25-11-10-22(26)14-21(25)15-27-13-12-20-16-28-24-5-3-2-4-23(20)24;/h2-11,14,16,27-28H,12-13,15,17H2,1H3;1H. The van der Waals surface area contributed by atoms with Gasteiger partial charge < -0.3 is 15.0 Å². The van der Waals surface area contributed by atoms with Gasteiger partial charge in [-0.25, -0.2) is 0 Å². The minimum Gasteiger partial charge on any atom is -0.489 e. The van der Waals surface area contributed by atoms with Gasteiger partial charge in [0.05, 0.1) is 0 Å². The summed E-state index contributed by atoms with van der Waals surface area (Å²) in [6, 6.07) is 22.6. The van der Waals surface area contributed by atoms with Crippen LogP contribution >= 0.6 is 24.0 Å². The molecule has 0 atom stereocenters. The Bertz CT molecular complexity index is 1090. The molecule has 30 heavy (non-hydrogen) atoms. The number of ether oxygens (including phenoxy) is 1. The van der Waals surface area contributed by atoms with Gasteiger partial charge in [0.15, 0.2) is 0 Å². The van der Waals surface area contributed by atoms with Crippen molar-refractivity contribution in [2.75, 3.05) is 6.54 Å². The molecule has 0 fully saturated rings. The van der Waals surface area contributed by atoms with Gasteiger partial charge in [0, 0.05) is 34.2 Å². The number of benzene rings is 3. The van der Waals surface area contributed by atoms with Crippen LogP contribution in [0.15, 0.2) is 72.9 Å². The zero-order valence-corrected chi connectivity index (χ0v) is 18.5. The van der Waals surface area contributed by atoms with Gasteiger partial charge in [-0.3, -0.25) is 0 Å². The van der Waals surface area contributed by atoms with Gasteiger partial charge in [-0.05, 0) is 55.3 Å². The van der Waals surface area contributed by atoms with Gasteiger partial charge in [-0.2, -0.15) is 0 Å². The predicted molar refractivity (Wildman–Crippen MR) is 128 cm³/mol. The molecule has 4 rings (SSSR count). The van der Waals surface area contributed by atoms with Crippen molar-refractivity contribution in [3.8, 4) is 5.75 Å². The summed E-state index contributed by atoms with van der Waals surface area (Å²) >= 11 is 6.22. The molecule has 1 heterocycles. The Balaban J connectivity index is 0.00000256. The normalized spacial score (nSPS) is 10.7. The zero-order valence-electron chi connectivity index (χ0n) is 17.0. The lowest BCUT2D eigenvalue weighted by atomic mass is 10.1. The Morgan fingerprint density at radius 3 is 2.60 bits per heavy atom. The molecule has 0 bridgehead atoms. The van der Waals surface area contributed by atoms with Crippen molar-refractivity contribution in [3.05, 3.63) is 100 Å². The summed E-state index contributed by atoms with van der Waals surface area (Å²) in [5.41, 5.74) is 5.99. The monoisotopic (exact) mass is 440 g/mol. The topological polar surface area (TPSA) is 37.0 Å². The number of fused-ring (bicyclic) bond motifs is 1. The number of aryl methyl sites for hydroxylation is 1. The molecule has 5 heteroatoms. The van der Waals surface area contributed by atoms with Crippen LogP contribution in [0.1, 0.15) is 22.3 Å². The molecule has 0 aliphatic carbocycles. The maximum Gasteiger partial charge on any atom is 0.124 e. The van der Waals surface area contributed by atoms with Gasteiger partial charge in [0.25, 0.3) is 0 Å². The fourth-order valence-corrected chi connectivity index (χ4v) is 3.65. The van der Waals surface area contributed by atoms with E-state index in [1.54, 1.807) is 0 Å². The molecule has 0 radical (unpaired) electrons. The summed E-state index contributed by atoms with van der Waals surface area (Å²) < 4.78 is 6.08. The maximum atomic E-state index is 6.22. The van der Waals surface area contributed by atoms with Crippen molar-refractivity contribution in [1.82, 2.24) is 10.3 Å². The quantitative estimate of drug-likeness (QED) is 0.308. The van der Waals surface area contributed by atoms with Crippen LogP contribution in [0.3, 0.4) is 0 Å². The van der Waals surface area contributed by atoms with E-state index in [2.05, 4.69) is 72.0 Å². The van der Waals surface area contributed by atoms with Crippen LogP contribution in [-0.2, 0) is 19.6 Å². The average molecular weight is 441 g/mol. The van der Waals surface area contributed by atoms with Crippen LogP contribution in [-0.4, -0.2) is 11.5 Å². The lowest BCUT2D eigenvalue weighted by Crippen LogP contribution is -2.17. The van der Waals surface area contributed by atoms with E-state index in [-0.39, 0.29) is 12.4 Å². The van der Waals surface area contributed by atoms with Crippen molar-refractivity contribution >= 4 is 34.9 Å². The molecule has 1 aromatic heterocycles. The zero-order chi connectivity index (χ0) is 20.1. The largest absolute Gasteiger partial charge is 0.489 e. The highest BCUT2D eigenvalue weighted by molar-refractivity contribution is 6.30. The van der Waals surface area contributed by atoms with E-state index >= 15 is 0 Å². The molecule has 0 saturated carbocycles. The van der Waals surface area contributed by atoms with Crippen molar-refractivity contribution in [2.45, 2.75) is 26.5 Å². The van der Waals surface area contributed by atoms with Crippen molar-refractivity contribution in [1.29, 1.82) is 0 Å². The second-order valence-electron chi connectivity index (χ2n) is 7.31. The summed E-state index contributed by atoms with van der Waals surface area (Å²) in [6.45, 7) is 4.23. The number of nitrogens with one attached hydrogen (secondary N) is 2. The highest BCUT2D eigenvalue weighted by atomic mass is 35.5. The van der Waals surface area contributed by atoms with E-state index in [9.17, 15) is 0 Å². The Labute approximate surface area is 188 Å². The molecular formula is C25H26Cl2N2O. The lowest BCUT2D eigenvalue weighted by molar-refractivity contribution is 0.302. The first kappa shape index (κ1) is 22.2. The number of H-pyrrole nitrogens is 1. The lowest BCUT2D eigenvalue weighted by Gasteiger charge is -2.13. The molecule has 3 nitrogen and oxygen atoms in total. The van der Waals surface area contributed by atoms with Crippen molar-refractivity contribution < 1.29 is 4.74 Å². The predicted octanol–water partition coefficient (Wildman–Crippen LogP) is 6.46. The van der Waals surface area contributed by atoms with Crippen LogP contribution in [0, 0.1) is 6.92 Å². The van der Waals surface area contributed by atoms with E-state index in [4.69, 9.17) is 16.3 Å². The third-order valence-corrected chi connectivity index (χ3v) is 5.33. The molecule has 0 amide bonds. The second kappa shape index (κ2) is 10.5. The van der Waals surface area contributed by atoms with Gasteiger partial charge in [0.1, 0.15) is 12.4 Å². The molecule has 156 valence electrons. The Kier molecular flexibility index (Phi) is 7.81. The first-order valence-electron chi connectivity index (χ1n) is 9.91. The Morgan fingerprint density at radius 1 is 0.967 bits per heavy atom. The van der Waals surface area contributed by atoms with Crippen LogP contribution in [0.2, 0.25) is 5.02 Å². The molecule has 2 N–H and O–H groups in total. The third-order valence-electron chi connectivity index (χ3n) is 5.10. The van der Waals surface area contributed by atoms with Gasteiger partial charge in [0.2, 0.25) is 0 Å². The van der Waals surface area contributed by atoms with E-state index < -0.39 is 0 Å². The molecule has 4 aromatic rings. The minimum atomic E-state index is 0. The fourth-order valence-electron chi connectivity index (χ4n) is 3.46. The number of aromatic nitrogens is 1. The Hall–Kier alpha value is -2.46. The van der Waals surface area contributed by atoms with Gasteiger partial charge in [-0.1, -0.05) is 59.6 Å². The minimum absolute atomic E-state index is 0. The molecular weight excluding hydrogens is 415 g/mol. The first-order chi connectivity index (χ1) is 14.2. The van der Waals surface area contributed by atoms with Crippen LogP contribution in [0.25, 0.3) is 10.9 Å². The third kappa shape index (κ3) is 5.57. The van der Waals surface area contributed by atoms with Gasteiger partial charge in [-0.15, -0.1) is 12.4 Å². The first-order valence-corrected chi connectivity index (χ1v) is 10.3. The molecule has 0 unspecified atom stereocenters. The van der Waals surface area contributed by atoms with Gasteiger partial charge >= 0.3 is 0 Å². The number of halogens is 2. The molecule has 0 aliphatic rings. The van der Waals surface area contributed by atoms with E-state index in [1.807, 2.05) is 18.2 Å². The van der Waals surface area contributed by atoms with Crippen LogP contribution in [0.5, 0.6) is 5.75 Å². The number of hydrogen-bond donors (Lipinski definition) is 2. The van der Waals surface area contributed by atoms with Crippen molar-refractivity contribution in [3.63, 3.8) is 0 Å². The van der Waals surface area contributed by atoms with Crippen molar-refractivity contribution in [2.24, 2.45) is 0 Å². The maximum absolute atomic E-state index is 6.22. The van der Waals surface area contributed by atoms with E-state index in [1.165, 1.54) is 22.0 Å². The number of aromatic amines is 1. The molecule has 3 aromatic carbocycles. The van der Waals surface area contributed by atoms with Crippen LogP contribution in [0.4, 0.5) is 0 Å². The van der Waals surface area contributed by atoms with Crippen LogP contribution < -0.4 is 10.1 Å². The fraction of sp³-hybridized carbons (Fsp3) is 0.200. The number of hydrogen-bond acceptors (Lipinski definition) is 2. The number of para-hydroxylation sites is 1. The van der Waals surface area contributed by atoms with E-state index in [0.717, 1.165) is 34.9 Å². The van der Waals surface area contributed by atoms with E-state index in [0.29, 0.717) is 13.2 Å². The molecule has 0 aliphatic heterocycles. The number of rotatable bonds is 8. The summed E-state index contributed by atoms with van der Waals surface area (Å²) in [5, 5.41) is 5.54. The summed E-state index contributed by atoms with van der Waals surface area (Å²) in [7, 11) is 0. The summed E-state index contributed by atoms with van der Waals surface area (Å²) in [5.74, 6) is 0.870. The summed E-state index contributed by atoms with van der Waals surface area (Å²) in [4.78, 5) is 3.33. The Morgan fingerprint density at radius 2 is 1.77 bits per heavy atom. The molecule has 0 spiro atoms. The highest BCUT2D eigenvalue weighted by Crippen LogP contribution is 2.24. The SMILES string of the molecule is Cc1ccc(COc2ccc(Cl)cc2CNCCc2c[nH]c3ccccc23)cc1.Cl. The molecule has 0 saturated heterocycles. The highest BCUT2D eigenvalue weighted by Gasteiger charge is 2.07. The second-order valence-corrected chi connectivity index (χ2v) is 7.75.